The fourth-order valence-corrected chi connectivity index (χ4v) is 6.78. The van der Waals surface area contributed by atoms with Gasteiger partial charge in [0.15, 0.2) is 0 Å². The first kappa shape index (κ1) is 26.9. The van der Waals surface area contributed by atoms with Crippen LogP contribution in [-0.4, -0.2) is 97.8 Å². The van der Waals surface area contributed by atoms with Gasteiger partial charge in [0.25, 0.3) is 0 Å². The van der Waals surface area contributed by atoms with E-state index in [1.54, 1.807) is 7.11 Å². The number of aromatic nitrogens is 2. The van der Waals surface area contributed by atoms with Gasteiger partial charge in [-0.1, -0.05) is 12.6 Å². The summed E-state index contributed by atoms with van der Waals surface area (Å²) in [6.07, 6.45) is 9.09. The molecule has 4 heterocycles. The minimum Gasteiger partial charge on any atom is -0.497 e. The van der Waals surface area contributed by atoms with Gasteiger partial charge in [0.2, 0.25) is 5.91 Å². The molecule has 214 valence electrons. The summed E-state index contributed by atoms with van der Waals surface area (Å²) in [6, 6.07) is 7.36. The van der Waals surface area contributed by atoms with Crippen LogP contribution < -0.4 is 19.3 Å². The van der Waals surface area contributed by atoms with E-state index in [1.807, 2.05) is 4.90 Å². The van der Waals surface area contributed by atoms with E-state index in [4.69, 9.17) is 19.4 Å². The average Bonchev–Trinajstić information content (AvgIpc) is 3.53. The van der Waals surface area contributed by atoms with Gasteiger partial charge in [-0.05, 0) is 69.3 Å². The molecule has 2 fully saturated rings. The number of carbonyl (C=O) groups is 1. The molecule has 2 aromatic rings. The van der Waals surface area contributed by atoms with Gasteiger partial charge < -0.3 is 24.2 Å². The number of rotatable bonds is 8. The molecule has 1 aromatic heterocycles. The van der Waals surface area contributed by atoms with E-state index in [9.17, 15) is 4.79 Å². The third kappa shape index (κ3) is 5.61. The van der Waals surface area contributed by atoms with E-state index in [1.165, 1.54) is 35.7 Å². The molecular weight excluding hydrogens is 504 g/mol. The average molecular weight is 547 g/mol. The number of nitrogens with zero attached hydrogens (tertiary/aromatic N) is 6. The highest BCUT2D eigenvalue weighted by Crippen LogP contribution is 2.37. The Hall–Kier alpha value is -3.33. The lowest BCUT2D eigenvalue weighted by molar-refractivity contribution is -0.126. The summed E-state index contributed by atoms with van der Waals surface area (Å²) in [6.45, 7) is 11.4. The lowest BCUT2D eigenvalue weighted by Gasteiger charge is -2.41. The Balaban J connectivity index is 1.24. The topological polar surface area (TPSA) is 74.3 Å². The molecule has 0 bridgehead atoms. The summed E-state index contributed by atoms with van der Waals surface area (Å²) in [5.41, 5.74) is 5.06. The van der Waals surface area contributed by atoms with Crippen molar-refractivity contribution in [3.05, 3.63) is 47.7 Å². The van der Waals surface area contributed by atoms with Crippen LogP contribution in [0.25, 0.3) is 0 Å². The number of carbonyl (C=O) groups excluding carboxylic acids is 1. The van der Waals surface area contributed by atoms with Gasteiger partial charge >= 0.3 is 6.01 Å². The molecule has 0 radical (unpaired) electrons. The summed E-state index contributed by atoms with van der Waals surface area (Å²) in [5, 5.41) is 0. The van der Waals surface area contributed by atoms with Crippen molar-refractivity contribution in [1.29, 1.82) is 0 Å². The minimum absolute atomic E-state index is 0.00316. The number of benzene rings is 1. The molecule has 0 N–H and O–H groups in total. The molecule has 0 spiro atoms. The number of ether oxygens (including phenoxy) is 2. The standard InChI is InChI=1S/C31H42N6O3/c1-3-29(38)35-15-17-36(18-16-35)30-26-11-9-24(37-14-6-7-23-8-10-25(39-2)22-28(23)37)21-27(26)32-31(33-30)40-20-19-34-12-4-5-13-34/h3,8,10,22,24H,1,4-7,9,11-21H2,2H3. The van der Waals surface area contributed by atoms with Crippen LogP contribution in [0.4, 0.5) is 11.5 Å². The van der Waals surface area contributed by atoms with Crippen molar-refractivity contribution < 1.29 is 14.3 Å². The van der Waals surface area contributed by atoms with Crippen LogP contribution in [0.3, 0.4) is 0 Å². The molecule has 0 saturated carbocycles. The van der Waals surface area contributed by atoms with Crippen LogP contribution in [0, 0.1) is 0 Å². The predicted molar refractivity (Wildman–Crippen MR) is 157 cm³/mol. The van der Waals surface area contributed by atoms with Crippen molar-refractivity contribution in [2.24, 2.45) is 0 Å². The fourth-order valence-electron chi connectivity index (χ4n) is 6.78. The molecule has 1 aliphatic carbocycles. The van der Waals surface area contributed by atoms with Crippen LogP contribution in [0.5, 0.6) is 11.8 Å². The zero-order valence-corrected chi connectivity index (χ0v) is 23.8. The monoisotopic (exact) mass is 546 g/mol. The maximum absolute atomic E-state index is 12.2. The quantitative estimate of drug-likeness (QED) is 0.468. The van der Waals surface area contributed by atoms with E-state index in [0.717, 1.165) is 88.6 Å². The molecule has 1 aromatic carbocycles. The first-order chi connectivity index (χ1) is 19.6. The van der Waals surface area contributed by atoms with E-state index in [2.05, 4.69) is 39.5 Å². The summed E-state index contributed by atoms with van der Waals surface area (Å²) in [5.74, 6) is 1.90. The predicted octanol–water partition coefficient (Wildman–Crippen LogP) is 3.10. The van der Waals surface area contributed by atoms with Crippen molar-refractivity contribution in [1.82, 2.24) is 19.8 Å². The number of hydrogen-bond acceptors (Lipinski definition) is 8. The number of anilines is 2. The Morgan fingerprint density at radius 3 is 2.65 bits per heavy atom. The Morgan fingerprint density at radius 2 is 1.88 bits per heavy atom. The fraction of sp³-hybridized carbons (Fsp3) is 0.581. The maximum Gasteiger partial charge on any atom is 0.318 e. The Kier molecular flexibility index (Phi) is 8.09. The first-order valence-electron chi connectivity index (χ1n) is 15.0. The van der Waals surface area contributed by atoms with E-state index in [-0.39, 0.29) is 5.91 Å². The lowest BCUT2D eigenvalue weighted by atomic mass is 9.88. The molecule has 1 unspecified atom stereocenters. The highest BCUT2D eigenvalue weighted by Gasteiger charge is 2.33. The molecule has 4 aliphatic rings. The second-order valence-electron chi connectivity index (χ2n) is 11.4. The minimum atomic E-state index is -0.00316. The maximum atomic E-state index is 12.2. The highest BCUT2D eigenvalue weighted by atomic mass is 16.5. The first-order valence-corrected chi connectivity index (χ1v) is 15.0. The zero-order chi connectivity index (χ0) is 27.5. The SMILES string of the molecule is C=CC(=O)N1CCN(c2nc(OCCN3CCCC3)nc3c2CCC(N2CCCc4ccc(OC)cc42)C3)CC1. The number of aryl methyl sites for hydroxylation is 1. The van der Waals surface area contributed by atoms with Gasteiger partial charge in [-0.2, -0.15) is 9.97 Å². The molecule has 2 saturated heterocycles. The Labute approximate surface area is 237 Å². The molecule has 1 amide bonds. The van der Waals surface area contributed by atoms with Crippen molar-refractivity contribution in [3.63, 3.8) is 0 Å². The zero-order valence-electron chi connectivity index (χ0n) is 23.8. The number of hydrogen-bond donors (Lipinski definition) is 0. The van der Waals surface area contributed by atoms with Gasteiger partial charge in [0.1, 0.15) is 18.2 Å². The number of amides is 1. The Bertz CT molecular complexity index is 1220. The molecule has 40 heavy (non-hydrogen) atoms. The third-order valence-electron chi connectivity index (χ3n) is 9.00. The molecule has 9 heteroatoms. The molecular formula is C31H42N6O3. The smallest absolute Gasteiger partial charge is 0.318 e. The van der Waals surface area contributed by atoms with E-state index in [0.29, 0.717) is 31.7 Å². The van der Waals surface area contributed by atoms with Crippen LogP contribution in [-0.2, 0) is 24.1 Å². The van der Waals surface area contributed by atoms with Crippen molar-refractivity contribution in [3.8, 4) is 11.8 Å². The number of likely N-dealkylation sites (tertiary alicyclic amines) is 1. The molecule has 6 rings (SSSR count). The second kappa shape index (κ2) is 12.0. The molecule has 9 nitrogen and oxygen atoms in total. The Morgan fingerprint density at radius 1 is 1.05 bits per heavy atom. The molecule has 1 atom stereocenters. The number of piperazine rings is 1. The van der Waals surface area contributed by atoms with E-state index < -0.39 is 0 Å². The van der Waals surface area contributed by atoms with Crippen LogP contribution in [0.2, 0.25) is 0 Å². The van der Waals surface area contributed by atoms with Gasteiger partial charge in [-0.3, -0.25) is 9.69 Å². The van der Waals surface area contributed by atoms with Gasteiger partial charge in [0.05, 0.1) is 12.8 Å². The van der Waals surface area contributed by atoms with E-state index >= 15 is 0 Å². The summed E-state index contributed by atoms with van der Waals surface area (Å²) < 4.78 is 11.8. The highest BCUT2D eigenvalue weighted by molar-refractivity contribution is 5.87. The molecule has 3 aliphatic heterocycles. The van der Waals surface area contributed by atoms with Gasteiger partial charge in [0, 0.05) is 69.0 Å². The largest absolute Gasteiger partial charge is 0.497 e. The number of methoxy groups -OCH3 is 1. The van der Waals surface area contributed by atoms with Crippen molar-refractivity contribution >= 4 is 17.4 Å². The summed E-state index contributed by atoms with van der Waals surface area (Å²) in [7, 11) is 1.74. The summed E-state index contributed by atoms with van der Waals surface area (Å²) in [4.78, 5) is 31.4. The van der Waals surface area contributed by atoms with Gasteiger partial charge in [-0.15, -0.1) is 0 Å². The normalized spacial score (nSPS) is 21.1. The van der Waals surface area contributed by atoms with Gasteiger partial charge in [-0.25, -0.2) is 0 Å². The van der Waals surface area contributed by atoms with Crippen LogP contribution in [0.15, 0.2) is 30.9 Å². The lowest BCUT2D eigenvalue weighted by Crippen LogP contribution is -2.49. The third-order valence-corrected chi connectivity index (χ3v) is 9.00. The number of fused-ring (bicyclic) bond motifs is 2. The van der Waals surface area contributed by atoms with Crippen LogP contribution in [0.1, 0.15) is 42.5 Å². The summed E-state index contributed by atoms with van der Waals surface area (Å²) >= 11 is 0. The van der Waals surface area contributed by atoms with Crippen molar-refractivity contribution in [2.75, 3.05) is 75.9 Å². The second-order valence-corrected chi connectivity index (χ2v) is 11.4. The van der Waals surface area contributed by atoms with Crippen LogP contribution >= 0.6 is 0 Å². The van der Waals surface area contributed by atoms with Crippen molar-refractivity contribution in [2.45, 2.75) is 51.0 Å².